The Hall–Kier alpha value is -1.62. The lowest BCUT2D eigenvalue weighted by atomic mass is 10.1. The maximum absolute atomic E-state index is 12.8. The Morgan fingerprint density at radius 3 is 2.62 bits per heavy atom. The Labute approximate surface area is 154 Å². The predicted molar refractivity (Wildman–Crippen MR) is 102 cm³/mol. The SMILES string of the molecule is CC(C)Cc1ccc2c(N)c(C(=O)c3ccc(Cl)c(Cl)c3)sc2n1. The minimum absolute atomic E-state index is 0.167. The van der Waals surface area contributed by atoms with Gasteiger partial charge in [0, 0.05) is 16.6 Å². The quantitative estimate of drug-likeness (QED) is 0.599. The molecular formula is C18H16Cl2N2OS. The predicted octanol–water partition coefficient (Wildman–Crippen LogP) is 5.61. The van der Waals surface area contributed by atoms with Crippen molar-refractivity contribution in [2.45, 2.75) is 20.3 Å². The van der Waals surface area contributed by atoms with Crippen LogP contribution in [0.3, 0.4) is 0 Å². The van der Waals surface area contributed by atoms with E-state index in [1.165, 1.54) is 11.3 Å². The van der Waals surface area contributed by atoms with Crippen LogP contribution in [0.15, 0.2) is 30.3 Å². The fraction of sp³-hybridized carbons (Fsp3) is 0.222. The van der Waals surface area contributed by atoms with Crippen molar-refractivity contribution in [2.75, 3.05) is 5.73 Å². The molecule has 0 aliphatic heterocycles. The van der Waals surface area contributed by atoms with Crippen molar-refractivity contribution in [2.24, 2.45) is 5.92 Å². The van der Waals surface area contributed by atoms with Crippen molar-refractivity contribution < 1.29 is 4.79 Å². The van der Waals surface area contributed by atoms with Gasteiger partial charge in [-0.1, -0.05) is 37.0 Å². The lowest BCUT2D eigenvalue weighted by molar-refractivity contribution is 0.104. The summed E-state index contributed by atoms with van der Waals surface area (Å²) >= 11 is 13.2. The first-order chi connectivity index (χ1) is 11.4. The molecule has 0 radical (unpaired) electrons. The zero-order chi connectivity index (χ0) is 17.4. The van der Waals surface area contributed by atoms with E-state index < -0.39 is 0 Å². The molecular weight excluding hydrogens is 363 g/mol. The van der Waals surface area contributed by atoms with Gasteiger partial charge in [0.25, 0.3) is 0 Å². The van der Waals surface area contributed by atoms with Crippen LogP contribution in [-0.2, 0) is 6.42 Å². The minimum atomic E-state index is -0.167. The van der Waals surface area contributed by atoms with Gasteiger partial charge < -0.3 is 5.73 Å². The van der Waals surface area contributed by atoms with Crippen molar-refractivity contribution in [1.29, 1.82) is 0 Å². The molecule has 3 nitrogen and oxygen atoms in total. The number of pyridine rings is 1. The van der Waals surface area contributed by atoms with Crippen LogP contribution in [0.2, 0.25) is 10.0 Å². The minimum Gasteiger partial charge on any atom is -0.397 e. The van der Waals surface area contributed by atoms with Gasteiger partial charge in [-0.3, -0.25) is 4.79 Å². The van der Waals surface area contributed by atoms with Crippen LogP contribution in [0.5, 0.6) is 0 Å². The Morgan fingerprint density at radius 1 is 1.21 bits per heavy atom. The van der Waals surface area contributed by atoms with Crippen molar-refractivity contribution in [3.05, 3.63) is 56.5 Å². The average Bonchev–Trinajstić information content (AvgIpc) is 2.85. The number of aromatic nitrogens is 1. The first-order valence-corrected chi connectivity index (χ1v) is 9.11. The summed E-state index contributed by atoms with van der Waals surface area (Å²) in [7, 11) is 0. The van der Waals surface area contributed by atoms with E-state index in [-0.39, 0.29) is 5.78 Å². The highest BCUT2D eigenvalue weighted by Crippen LogP contribution is 2.35. The third kappa shape index (κ3) is 3.27. The van der Waals surface area contributed by atoms with Gasteiger partial charge in [-0.2, -0.15) is 0 Å². The first-order valence-electron chi connectivity index (χ1n) is 7.54. The van der Waals surface area contributed by atoms with Crippen LogP contribution in [0, 0.1) is 5.92 Å². The number of nitrogen functional groups attached to an aromatic ring is 1. The van der Waals surface area contributed by atoms with Crippen LogP contribution >= 0.6 is 34.5 Å². The Kier molecular flexibility index (Phi) is 4.81. The van der Waals surface area contributed by atoms with E-state index in [4.69, 9.17) is 28.9 Å². The second kappa shape index (κ2) is 6.71. The molecule has 0 bridgehead atoms. The average molecular weight is 379 g/mol. The van der Waals surface area contributed by atoms with E-state index in [9.17, 15) is 4.79 Å². The number of hydrogen-bond acceptors (Lipinski definition) is 4. The normalized spacial score (nSPS) is 11.4. The number of halogens is 2. The molecule has 3 aromatic rings. The molecule has 0 aliphatic carbocycles. The zero-order valence-electron chi connectivity index (χ0n) is 13.3. The number of thiophene rings is 1. The molecule has 0 fully saturated rings. The van der Waals surface area contributed by atoms with Crippen molar-refractivity contribution in [3.63, 3.8) is 0 Å². The molecule has 0 aliphatic rings. The number of nitrogens with zero attached hydrogens (tertiary/aromatic N) is 1. The third-order valence-corrected chi connectivity index (χ3v) is 5.51. The van der Waals surface area contributed by atoms with Gasteiger partial charge in [0.05, 0.1) is 15.7 Å². The number of carbonyl (C=O) groups is 1. The number of fused-ring (bicyclic) bond motifs is 1. The summed E-state index contributed by atoms with van der Waals surface area (Å²) in [5.74, 6) is 0.351. The zero-order valence-corrected chi connectivity index (χ0v) is 15.6. The Balaban J connectivity index is 2.03. The number of anilines is 1. The molecule has 1 aromatic carbocycles. The highest BCUT2D eigenvalue weighted by atomic mass is 35.5. The molecule has 2 aromatic heterocycles. The number of hydrogen-bond donors (Lipinski definition) is 1. The topological polar surface area (TPSA) is 56.0 Å². The van der Waals surface area contributed by atoms with Gasteiger partial charge in [0.15, 0.2) is 0 Å². The number of carbonyl (C=O) groups excluding carboxylic acids is 1. The van der Waals surface area contributed by atoms with Crippen LogP contribution < -0.4 is 5.73 Å². The lowest BCUT2D eigenvalue weighted by Crippen LogP contribution is -2.02. The molecule has 124 valence electrons. The fourth-order valence-corrected chi connectivity index (χ4v) is 3.88. The van der Waals surface area contributed by atoms with Gasteiger partial charge in [-0.05, 0) is 42.7 Å². The monoisotopic (exact) mass is 378 g/mol. The number of rotatable bonds is 4. The lowest BCUT2D eigenvalue weighted by Gasteiger charge is -2.03. The van der Waals surface area contributed by atoms with E-state index in [0.717, 1.165) is 22.3 Å². The van der Waals surface area contributed by atoms with Crippen LogP contribution in [0.25, 0.3) is 10.2 Å². The number of benzene rings is 1. The molecule has 0 saturated heterocycles. The second-order valence-electron chi connectivity index (χ2n) is 6.06. The molecule has 24 heavy (non-hydrogen) atoms. The Morgan fingerprint density at radius 2 is 1.96 bits per heavy atom. The third-order valence-electron chi connectivity index (χ3n) is 3.66. The summed E-state index contributed by atoms with van der Waals surface area (Å²) in [6.45, 7) is 4.29. The highest BCUT2D eigenvalue weighted by Gasteiger charge is 2.19. The molecule has 2 heterocycles. The summed E-state index contributed by atoms with van der Waals surface area (Å²) in [6.07, 6.45) is 0.893. The first kappa shape index (κ1) is 17.2. The molecule has 0 spiro atoms. The van der Waals surface area contributed by atoms with Gasteiger partial charge in [-0.15, -0.1) is 11.3 Å². The molecule has 0 atom stereocenters. The maximum atomic E-state index is 12.8. The van der Waals surface area contributed by atoms with Gasteiger partial charge >= 0.3 is 0 Å². The fourth-order valence-electron chi connectivity index (χ4n) is 2.50. The van der Waals surface area contributed by atoms with E-state index in [2.05, 4.69) is 18.8 Å². The summed E-state index contributed by atoms with van der Waals surface area (Å²) in [5, 5.41) is 1.58. The Bertz CT molecular complexity index is 934. The second-order valence-corrected chi connectivity index (χ2v) is 7.87. The van der Waals surface area contributed by atoms with Gasteiger partial charge in [0.1, 0.15) is 9.71 Å². The molecule has 2 N–H and O–H groups in total. The van der Waals surface area contributed by atoms with Crippen LogP contribution in [-0.4, -0.2) is 10.8 Å². The molecule has 0 amide bonds. The summed E-state index contributed by atoms with van der Waals surface area (Å²) < 4.78 is 0. The molecule has 3 rings (SSSR count). The van der Waals surface area contributed by atoms with Crippen molar-refractivity contribution in [1.82, 2.24) is 4.98 Å². The van der Waals surface area contributed by atoms with Crippen LogP contribution in [0.1, 0.15) is 34.8 Å². The summed E-state index contributed by atoms with van der Waals surface area (Å²) in [4.78, 5) is 18.7. The molecule has 0 unspecified atom stereocenters. The number of nitrogens with two attached hydrogens (primary N) is 1. The van der Waals surface area contributed by atoms with E-state index >= 15 is 0 Å². The van der Waals surface area contributed by atoms with E-state index in [1.807, 2.05) is 12.1 Å². The smallest absolute Gasteiger partial charge is 0.205 e. The van der Waals surface area contributed by atoms with Gasteiger partial charge in [0.2, 0.25) is 5.78 Å². The molecule has 0 saturated carbocycles. The van der Waals surface area contributed by atoms with E-state index in [0.29, 0.717) is 32.1 Å². The standard InChI is InChI=1S/C18H16Cl2N2OS/c1-9(2)7-11-4-5-12-15(21)17(24-18(12)22-11)16(23)10-3-6-13(19)14(20)8-10/h3-6,8-9H,7,21H2,1-2H3. The van der Waals surface area contributed by atoms with E-state index in [1.54, 1.807) is 18.2 Å². The van der Waals surface area contributed by atoms with Crippen molar-refractivity contribution >= 4 is 56.2 Å². The van der Waals surface area contributed by atoms with Crippen LogP contribution in [0.4, 0.5) is 5.69 Å². The van der Waals surface area contributed by atoms with Crippen molar-refractivity contribution in [3.8, 4) is 0 Å². The molecule has 6 heteroatoms. The highest BCUT2D eigenvalue weighted by molar-refractivity contribution is 7.21. The van der Waals surface area contributed by atoms with Gasteiger partial charge in [-0.25, -0.2) is 4.98 Å². The number of ketones is 1. The summed E-state index contributed by atoms with van der Waals surface area (Å²) in [6, 6.07) is 8.74. The maximum Gasteiger partial charge on any atom is 0.205 e. The summed E-state index contributed by atoms with van der Waals surface area (Å²) in [5.41, 5.74) is 8.12. The largest absolute Gasteiger partial charge is 0.397 e.